The van der Waals surface area contributed by atoms with Crippen LogP contribution in [0.2, 0.25) is 0 Å². The lowest BCUT2D eigenvalue weighted by Crippen LogP contribution is -2.40. The van der Waals surface area contributed by atoms with Gasteiger partial charge in [-0.1, -0.05) is 19.9 Å². The monoisotopic (exact) mass is 558 g/mol. The lowest BCUT2D eigenvalue weighted by atomic mass is 9.88. The normalized spacial score (nSPS) is 20.0. The fourth-order valence-corrected chi connectivity index (χ4v) is 5.51. The number of aliphatic imine (C=N–C) groups is 1. The van der Waals surface area contributed by atoms with Crippen LogP contribution >= 0.6 is 35.3 Å². The van der Waals surface area contributed by atoms with Gasteiger partial charge in [-0.05, 0) is 56.6 Å². The van der Waals surface area contributed by atoms with Gasteiger partial charge in [-0.15, -0.1) is 35.3 Å². The van der Waals surface area contributed by atoms with Crippen LogP contribution in [0.3, 0.4) is 0 Å². The predicted molar refractivity (Wildman–Crippen MR) is 143 cm³/mol. The first-order valence-corrected chi connectivity index (χ1v) is 12.0. The van der Waals surface area contributed by atoms with Crippen molar-refractivity contribution >= 4 is 41.3 Å². The summed E-state index contributed by atoms with van der Waals surface area (Å²) in [5.41, 5.74) is 2.45. The van der Waals surface area contributed by atoms with Gasteiger partial charge in [0.15, 0.2) is 5.96 Å². The summed E-state index contributed by atoms with van der Waals surface area (Å²) in [5, 5.41) is 10.3. The molecule has 2 atom stereocenters. The average Bonchev–Trinajstić information content (AvgIpc) is 3.34. The smallest absolute Gasteiger partial charge is 0.193 e. The average molecular weight is 559 g/mol. The molecule has 1 fully saturated rings. The number of rotatable bonds is 7. The molecule has 0 bridgehead atoms. The number of guanidine groups is 1. The van der Waals surface area contributed by atoms with Crippen LogP contribution in [-0.2, 0) is 13.6 Å². The van der Waals surface area contributed by atoms with Crippen LogP contribution in [0.25, 0.3) is 0 Å². The van der Waals surface area contributed by atoms with Gasteiger partial charge in [-0.2, -0.15) is 5.10 Å². The van der Waals surface area contributed by atoms with E-state index in [-0.39, 0.29) is 24.0 Å². The molecule has 0 aliphatic carbocycles. The molecule has 6 nitrogen and oxygen atoms in total. The Morgan fingerprint density at radius 3 is 2.81 bits per heavy atom. The molecule has 0 amide bonds. The molecular formula is C23H39IN6S. The van der Waals surface area contributed by atoms with E-state index in [0.29, 0.717) is 17.9 Å². The summed E-state index contributed by atoms with van der Waals surface area (Å²) in [6.45, 7) is 10.2. The van der Waals surface area contributed by atoms with E-state index in [1.165, 1.54) is 35.5 Å². The van der Waals surface area contributed by atoms with Crippen LogP contribution in [0.5, 0.6) is 0 Å². The van der Waals surface area contributed by atoms with E-state index in [0.717, 1.165) is 25.6 Å². The van der Waals surface area contributed by atoms with Crippen molar-refractivity contribution in [3.63, 3.8) is 0 Å². The maximum Gasteiger partial charge on any atom is 0.193 e. The van der Waals surface area contributed by atoms with Crippen LogP contribution in [0.15, 0.2) is 28.7 Å². The Bertz CT molecular complexity index is 816. The zero-order valence-corrected chi connectivity index (χ0v) is 23.0. The van der Waals surface area contributed by atoms with E-state index in [9.17, 15) is 0 Å². The summed E-state index contributed by atoms with van der Waals surface area (Å²) in [6.07, 6.45) is 4.62. The highest BCUT2D eigenvalue weighted by Gasteiger charge is 2.31. The number of halogens is 1. The molecule has 1 saturated heterocycles. The van der Waals surface area contributed by atoms with Crippen molar-refractivity contribution in [3.05, 3.63) is 39.8 Å². The quantitative estimate of drug-likeness (QED) is 0.304. The van der Waals surface area contributed by atoms with Crippen molar-refractivity contribution in [2.75, 3.05) is 33.7 Å². The zero-order valence-electron chi connectivity index (χ0n) is 19.8. The first-order chi connectivity index (χ1) is 14.4. The highest BCUT2D eigenvalue weighted by atomic mass is 127. The Morgan fingerprint density at radius 1 is 1.39 bits per heavy atom. The standard InChI is InChI=1S/C23H38N6S.HI/c1-7-24-23(28(5)15-19-16-29(6)26-21(19)17(2)3)25-14-18-10-8-12-27(4)22(18)20-11-9-13-30-20;/h9,11,13,16-18,22H,7-8,10,12,14-15H2,1-6H3,(H,24,25);1H. The first-order valence-electron chi connectivity index (χ1n) is 11.2. The maximum absolute atomic E-state index is 5.09. The lowest BCUT2D eigenvalue weighted by molar-refractivity contribution is 0.128. The predicted octanol–water partition coefficient (Wildman–Crippen LogP) is 4.70. The van der Waals surface area contributed by atoms with Gasteiger partial charge in [0.25, 0.3) is 0 Å². The van der Waals surface area contributed by atoms with Crippen LogP contribution in [0, 0.1) is 5.92 Å². The van der Waals surface area contributed by atoms with Gasteiger partial charge in [-0.25, -0.2) is 0 Å². The molecule has 1 N–H and O–H groups in total. The lowest BCUT2D eigenvalue weighted by Gasteiger charge is -2.38. The second-order valence-corrected chi connectivity index (χ2v) is 9.74. The summed E-state index contributed by atoms with van der Waals surface area (Å²) in [7, 11) is 6.38. The minimum Gasteiger partial charge on any atom is -0.357 e. The van der Waals surface area contributed by atoms with Crippen LogP contribution in [-0.4, -0.2) is 59.3 Å². The number of hydrogen-bond acceptors (Lipinski definition) is 4. The molecule has 174 valence electrons. The number of thiophene rings is 1. The molecule has 3 rings (SSSR count). The molecule has 0 radical (unpaired) electrons. The topological polar surface area (TPSA) is 48.7 Å². The van der Waals surface area contributed by atoms with Gasteiger partial charge in [0.1, 0.15) is 0 Å². The van der Waals surface area contributed by atoms with E-state index in [4.69, 9.17) is 4.99 Å². The fourth-order valence-electron chi connectivity index (χ4n) is 4.53. The van der Waals surface area contributed by atoms with Crippen LogP contribution < -0.4 is 5.32 Å². The molecule has 0 spiro atoms. The molecular weight excluding hydrogens is 519 g/mol. The Kier molecular flexibility index (Phi) is 10.3. The SMILES string of the molecule is CCNC(=NCC1CCCN(C)C1c1cccs1)N(C)Cc1cn(C)nc1C(C)C.I. The number of nitrogens with zero attached hydrogens (tertiary/aromatic N) is 5. The van der Waals surface area contributed by atoms with Gasteiger partial charge < -0.3 is 10.2 Å². The van der Waals surface area contributed by atoms with Gasteiger partial charge in [0.2, 0.25) is 0 Å². The van der Waals surface area contributed by atoms with Crippen molar-refractivity contribution in [1.29, 1.82) is 0 Å². The highest BCUT2D eigenvalue weighted by molar-refractivity contribution is 14.0. The third-order valence-corrected chi connectivity index (χ3v) is 6.85. The first kappa shape index (κ1) is 26.1. The van der Waals surface area contributed by atoms with E-state index >= 15 is 0 Å². The van der Waals surface area contributed by atoms with E-state index in [1.807, 2.05) is 23.1 Å². The molecule has 31 heavy (non-hydrogen) atoms. The maximum atomic E-state index is 5.09. The number of hydrogen-bond donors (Lipinski definition) is 1. The van der Waals surface area contributed by atoms with E-state index < -0.39 is 0 Å². The molecule has 2 aromatic rings. The third kappa shape index (κ3) is 6.68. The van der Waals surface area contributed by atoms with Crippen molar-refractivity contribution < 1.29 is 0 Å². The molecule has 1 aliphatic rings. The summed E-state index contributed by atoms with van der Waals surface area (Å²) in [5.74, 6) is 1.95. The van der Waals surface area contributed by atoms with Crippen LogP contribution in [0.4, 0.5) is 0 Å². The summed E-state index contributed by atoms with van der Waals surface area (Å²) in [6, 6.07) is 4.92. The fraction of sp³-hybridized carbons (Fsp3) is 0.652. The molecule has 2 aromatic heterocycles. The molecule has 0 saturated carbocycles. The Hall–Kier alpha value is -1.13. The van der Waals surface area contributed by atoms with E-state index in [2.05, 4.69) is 78.8 Å². The van der Waals surface area contributed by atoms with Crippen molar-refractivity contribution in [2.24, 2.45) is 18.0 Å². The second-order valence-electron chi connectivity index (χ2n) is 8.76. The van der Waals surface area contributed by atoms with Crippen molar-refractivity contribution in [2.45, 2.75) is 52.1 Å². The molecule has 1 aliphatic heterocycles. The summed E-state index contributed by atoms with van der Waals surface area (Å²) in [4.78, 5) is 11.3. The van der Waals surface area contributed by atoms with Gasteiger partial charge >= 0.3 is 0 Å². The number of nitrogens with one attached hydrogen (secondary N) is 1. The Labute approximate surface area is 209 Å². The Balaban J connectivity index is 0.00000341. The third-order valence-electron chi connectivity index (χ3n) is 5.91. The summed E-state index contributed by atoms with van der Waals surface area (Å²) >= 11 is 1.87. The Morgan fingerprint density at radius 2 is 2.16 bits per heavy atom. The second kappa shape index (κ2) is 12.2. The number of piperidine rings is 1. The molecule has 2 unspecified atom stereocenters. The number of aryl methyl sites for hydroxylation is 1. The van der Waals surface area contributed by atoms with Gasteiger partial charge in [-0.3, -0.25) is 14.6 Å². The molecule has 0 aromatic carbocycles. The highest BCUT2D eigenvalue weighted by Crippen LogP contribution is 2.37. The number of likely N-dealkylation sites (tertiary alicyclic amines) is 1. The minimum atomic E-state index is 0. The van der Waals surface area contributed by atoms with Crippen LogP contribution in [0.1, 0.15) is 61.7 Å². The molecule has 8 heteroatoms. The summed E-state index contributed by atoms with van der Waals surface area (Å²) < 4.78 is 1.92. The van der Waals surface area contributed by atoms with Gasteiger partial charge in [0, 0.05) is 56.4 Å². The van der Waals surface area contributed by atoms with Gasteiger partial charge in [0.05, 0.1) is 5.69 Å². The largest absolute Gasteiger partial charge is 0.357 e. The minimum absolute atomic E-state index is 0. The number of aromatic nitrogens is 2. The van der Waals surface area contributed by atoms with E-state index in [1.54, 1.807) is 0 Å². The van der Waals surface area contributed by atoms with Crippen molar-refractivity contribution in [3.8, 4) is 0 Å². The van der Waals surface area contributed by atoms with Crippen molar-refractivity contribution in [1.82, 2.24) is 24.9 Å². The zero-order chi connectivity index (χ0) is 21.7. The molecule has 3 heterocycles.